The molecule has 1 aromatic heterocycles. The number of carbonyl (C=O) groups is 2. The fourth-order valence-corrected chi connectivity index (χ4v) is 3.86. The Balaban J connectivity index is 1.55. The highest BCUT2D eigenvalue weighted by Gasteiger charge is 2.47. The molecule has 2 aromatic rings. The SMILES string of the molecule is O=C(NC1c2cc3c(cc2C[C@H]2C(=O)OCC12)OCO3)c1ncc[nH]1. The van der Waals surface area contributed by atoms with Gasteiger partial charge < -0.3 is 24.5 Å². The van der Waals surface area contributed by atoms with Gasteiger partial charge in [-0.15, -0.1) is 0 Å². The number of nitrogens with zero attached hydrogens (tertiary/aromatic N) is 1. The first kappa shape index (κ1) is 14.3. The van der Waals surface area contributed by atoms with Gasteiger partial charge in [0, 0.05) is 18.3 Å². The molecule has 2 aliphatic heterocycles. The Kier molecular flexibility index (Phi) is 3.00. The van der Waals surface area contributed by atoms with E-state index < -0.39 is 0 Å². The minimum Gasteiger partial charge on any atom is -0.465 e. The molecule has 0 radical (unpaired) electrons. The Morgan fingerprint density at radius 2 is 2.08 bits per heavy atom. The summed E-state index contributed by atoms with van der Waals surface area (Å²) in [5, 5.41) is 3.00. The minimum absolute atomic E-state index is 0.112. The summed E-state index contributed by atoms with van der Waals surface area (Å²) in [5.41, 5.74) is 1.90. The lowest BCUT2D eigenvalue weighted by atomic mass is 9.74. The monoisotopic (exact) mass is 341 g/mol. The zero-order valence-electron chi connectivity index (χ0n) is 13.2. The maximum absolute atomic E-state index is 12.5. The van der Waals surface area contributed by atoms with Crippen LogP contribution in [0.25, 0.3) is 0 Å². The summed E-state index contributed by atoms with van der Waals surface area (Å²) in [5.74, 6) is 0.632. The van der Waals surface area contributed by atoms with Gasteiger partial charge in [-0.3, -0.25) is 9.59 Å². The van der Waals surface area contributed by atoms with Gasteiger partial charge in [-0.05, 0) is 29.7 Å². The first-order valence-electron chi connectivity index (χ1n) is 8.10. The van der Waals surface area contributed by atoms with Gasteiger partial charge in [-0.25, -0.2) is 4.98 Å². The number of fused-ring (bicyclic) bond motifs is 3. The van der Waals surface area contributed by atoms with Crippen molar-refractivity contribution < 1.29 is 23.8 Å². The van der Waals surface area contributed by atoms with E-state index in [4.69, 9.17) is 14.2 Å². The third-order valence-corrected chi connectivity index (χ3v) is 5.07. The summed E-state index contributed by atoms with van der Waals surface area (Å²) >= 11 is 0. The number of hydrogen-bond donors (Lipinski definition) is 2. The summed E-state index contributed by atoms with van der Waals surface area (Å²) in [7, 11) is 0. The van der Waals surface area contributed by atoms with E-state index in [2.05, 4.69) is 15.3 Å². The summed E-state index contributed by atoms with van der Waals surface area (Å²) in [6.45, 7) is 0.469. The number of nitrogens with one attached hydrogen (secondary N) is 2. The van der Waals surface area contributed by atoms with Crippen LogP contribution >= 0.6 is 0 Å². The second-order valence-electron chi connectivity index (χ2n) is 6.40. The van der Waals surface area contributed by atoms with Gasteiger partial charge in [0.25, 0.3) is 5.91 Å². The van der Waals surface area contributed by atoms with Crippen molar-refractivity contribution in [2.45, 2.75) is 12.5 Å². The van der Waals surface area contributed by atoms with Crippen LogP contribution in [0.2, 0.25) is 0 Å². The van der Waals surface area contributed by atoms with Crippen LogP contribution < -0.4 is 14.8 Å². The van der Waals surface area contributed by atoms with Gasteiger partial charge in [0.1, 0.15) is 0 Å². The van der Waals surface area contributed by atoms with Crippen LogP contribution in [0.4, 0.5) is 0 Å². The molecule has 8 nitrogen and oxygen atoms in total. The fraction of sp³-hybridized carbons (Fsp3) is 0.353. The third-order valence-electron chi connectivity index (χ3n) is 5.07. The molecular formula is C17H15N3O5. The largest absolute Gasteiger partial charge is 0.465 e. The molecule has 0 bridgehead atoms. The van der Waals surface area contributed by atoms with Gasteiger partial charge in [-0.1, -0.05) is 0 Å². The Morgan fingerprint density at radius 1 is 1.24 bits per heavy atom. The van der Waals surface area contributed by atoms with Crippen LogP contribution in [0.1, 0.15) is 27.8 Å². The number of rotatable bonds is 2. The molecule has 25 heavy (non-hydrogen) atoms. The molecule has 0 spiro atoms. The number of esters is 1. The molecule has 128 valence electrons. The van der Waals surface area contributed by atoms with E-state index in [1.165, 1.54) is 6.20 Å². The van der Waals surface area contributed by atoms with Crippen molar-refractivity contribution in [1.82, 2.24) is 15.3 Å². The Morgan fingerprint density at radius 3 is 2.88 bits per heavy atom. The number of H-pyrrole nitrogens is 1. The molecule has 1 saturated heterocycles. The number of cyclic esters (lactones) is 1. The van der Waals surface area contributed by atoms with Gasteiger partial charge in [0.15, 0.2) is 17.3 Å². The molecule has 2 unspecified atom stereocenters. The zero-order valence-corrected chi connectivity index (χ0v) is 13.2. The van der Waals surface area contributed by atoms with E-state index >= 15 is 0 Å². The lowest BCUT2D eigenvalue weighted by Gasteiger charge is -2.33. The Bertz CT molecular complexity index is 863. The lowest BCUT2D eigenvalue weighted by Crippen LogP contribution is -2.41. The maximum Gasteiger partial charge on any atom is 0.309 e. The first-order chi connectivity index (χ1) is 12.2. The molecule has 5 rings (SSSR count). The predicted octanol–water partition coefficient (Wildman–Crippen LogP) is 0.955. The summed E-state index contributed by atoms with van der Waals surface area (Å²) in [4.78, 5) is 31.4. The van der Waals surface area contributed by atoms with Gasteiger partial charge >= 0.3 is 5.97 Å². The number of carbonyl (C=O) groups excluding carboxylic acids is 2. The van der Waals surface area contributed by atoms with Gasteiger partial charge in [0.2, 0.25) is 6.79 Å². The van der Waals surface area contributed by atoms with Crippen LogP contribution in [0.3, 0.4) is 0 Å². The number of ether oxygens (including phenoxy) is 3. The average Bonchev–Trinajstić information content (AvgIpc) is 3.34. The number of imidazole rings is 1. The van der Waals surface area contributed by atoms with Crippen LogP contribution in [0.5, 0.6) is 11.5 Å². The molecule has 0 saturated carbocycles. The van der Waals surface area contributed by atoms with Crippen LogP contribution in [-0.4, -0.2) is 35.2 Å². The summed E-state index contributed by atoms with van der Waals surface area (Å²) in [6, 6.07) is 3.43. The summed E-state index contributed by atoms with van der Waals surface area (Å²) in [6.07, 6.45) is 3.68. The molecule has 3 heterocycles. The molecular weight excluding hydrogens is 326 g/mol. The molecule has 3 atom stereocenters. The molecule has 2 N–H and O–H groups in total. The van der Waals surface area contributed by atoms with Crippen molar-refractivity contribution in [2.24, 2.45) is 11.8 Å². The van der Waals surface area contributed by atoms with Gasteiger partial charge in [0.05, 0.1) is 18.6 Å². The normalized spacial score (nSPS) is 25.9. The van der Waals surface area contributed by atoms with E-state index in [0.29, 0.717) is 24.5 Å². The smallest absolute Gasteiger partial charge is 0.309 e. The van der Waals surface area contributed by atoms with E-state index in [0.717, 1.165) is 11.1 Å². The fourth-order valence-electron chi connectivity index (χ4n) is 3.86. The second-order valence-corrected chi connectivity index (χ2v) is 6.40. The highest BCUT2D eigenvalue weighted by Crippen LogP contribution is 2.46. The third kappa shape index (κ3) is 2.17. The molecule has 8 heteroatoms. The van der Waals surface area contributed by atoms with Crippen molar-refractivity contribution in [3.05, 3.63) is 41.5 Å². The van der Waals surface area contributed by atoms with E-state index in [1.54, 1.807) is 6.20 Å². The van der Waals surface area contributed by atoms with Crippen LogP contribution in [-0.2, 0) is 16.0 Å². The Labute approximate surface area is 142 Å². The van der Waals surface area contributed by atoms with E-state index in [-0.39, 0.29) is 42.4 Å². The molecule has 1 amide bonds. The maximum atomic E-state index is 12.5. The highest BCUT2D eigenvalue weighted by molar-refractivity contribution is 5.91. The molecule has 3 aliphatic rings. The molecule has 1 aliphatic carbocycles. The number of amides is 1. The molecule has 1 aromatic carbocycles. The van der Waals surface area contributed by atoms with Crippen molar-refractivity contribution in [2.75, 3.05) is 13.4 Å². The Hall–Kier alpha value is -3.03. The van der Waals surface area contributed by atoms with Crippen molar-refractivity contribution >= 4 is 11.9 Å². The van der Waals surface area contributed by atoms with Crippen molar-refractivity contribution in [3.8, 4) is 11.5 Å². The van der Waals surface area contributed by atoms with E-state index in [1.807, 2.05) is 12.1 Å². The zero-order chi connectivity index (χ0) is 17.0. The minimum atomic E-state index is -0.354. The quantitative estimate of drug-likeness (QED) is 0.789. The summed E-state index contributed by atoms with van der Waals surface area (Å²) < 4.78 is 16.2. The lowest BCUT2D eigenvalue weighted by molar-refractivity contribution is -0.141. The number of benzene rings is 1. The van der Waals surface area contributed by atoms with Gasteiger partial charge in [-0.2, -0.15) is 0 Å². The van der Waals surface area contributed by atoms with Crippen LogP contribution in [0, 0.1) is 11.8 Å². The first-order valence-corrected chi connectivity index (χ1v) is 8.10. The second kappa shape index (κ2) is 5.23. The number of aromatic nitrogens is 2. The number of hydrogen-bond acceptors (Lipinski definition) is 6. The van der Waals surface area contributed by atoms with E-state index in [9.17, 15) is 9.59 Å². The van der Waals surface area contributed by atoms with Crippen molar-refractivity contribution in [1.29, 1.82) is 0 Å². The predicted molar refractivity (Wildman–Crippen MR) is 83.0 cm³/mol. The topological polar surface area (TPSA) is 103 Å². The average molecular weight is 341 g/mol. The standard InChI is InChI=1S/C17H15N3O5/c21-16(15-18-1-2-19-15)20-14-9-5-13-12(24-7-25-13)4-8(9)3-10-11(14)6-23-17(10)22/h1-2,4-5,10-11,14H,3,6-7H2,(H,18,19)(H,20,21)/t10-,11?,14?/m1/s1. The number of aromatic amines is 1. The highest BCUT2D eigenvalue weighted by atomic mass is 16.7. The molecule has 1 fully saturated rings. The van der Waals surface area contributed by atoms with Crippen molar-refractivity contribution in [3.63, 3.8) is 0 Å². The van der Waals surface area contributed by atoms with Crippen LogP contribution in [0.15, 0.2) is 24.5 Å².